The van der Waals surface area contributed by atoms with Gasteiger partial charge in [0.25, 0.3) is 11.7 Å². The summed E-state index contributed by atoms with van der Waals surface area (Å²) in [5, 5.41) is 11.3. The van der Waals surface area contributed by atoms with Gasteiger partial charge in [-0.15, -0.1) is 0 Å². The third-order valence-electron chi connectivity index (χ3n) is 5.76. The Hall–Kier alpha value is -3.93. The molecular formula is C27H26N2O4. The molecule has 2 heterocycles. The largest absolute Gasteiger partial charge is 0.507 e. The molecule has 1 fully saturated rings. The number of nitrogens with zero attached hydrogens (tertiary/aromatic N) is 2. The standard InChI is InChI=1S/C27H26N2O4/c1-4-33-22-12-11-21(14-18(22)3)25(30)23-24(20-9-7-17(2)8-10-20)29(27(32)26(23)31)16-19-6-5-13-28-15-19/h5-15,24,30H,4,16H2,1-3H3/t24-/m1/s1. The Kier molecular flexibility index (Phi) is 6.27. The van der Waals surface area contributed by atoms with Crippen LogP contribution in [0.2, 0.25) is 0 Å². The molecule has 0 bridgehead atoms. The van der Waals surface area contributed by atoms with Crippen LogP contribution >= 0.6 is 0 Å². The number of hydrogen-bond donors (Lipinski definition) is 1. The van der Waals surface area contributed by atoms with E-state index in [0.717, 1.165) is 22.3 Å². The van der Waals surface area contributed by atoms with Crippen molar-refractivity contribution in [2.24, 2.45) is 0 Å². The zero-order valence-corrected chi connectivity index (χ0v) is 18.9. The van der Waals surface area contributed by atoms with E-state index >= 15 is 0 Å². The van der Waals surface area contributed by atoms with Crippen LogP contribution in [-0.4, -0.2) is 33.3 Å². The number of aryl methyl sites for hydroxylation is 2. The van der Waals surface area contributed by atoms with Gasteiger partial charge in [0.2, 0.25) is 0 Å². The monoisotopic (exact) mass is 442 g/mol. The van der Waals surface area contributed by atoms with Gasteiger partial charge in [0.1, 0.15) is 11.5 Å². The molecule has 0 radical (unpaired) electrons. The van der Waals surface area contributed by atoms with Crippen molar-refractivity contribution in [3.8, 4) is 5.75 Å². The van der Waals surface area contributed by atoms with Crippen molar-refractivity contribution in [3.05, 3.63) is 100 Å². The van der Waals surface area contributed by atoms with Crippen molar-refractivity contribution in [2.45, 2.75) is 33.4 Å². The summed E-state index contributed by atoms with van der Waals surface area (Å²) < 4.78 is 5.59. The Labute approximate surface area is 193 Å². The molecule has 6 heteroatoms. The van der Waals surface area contributed by atoms with Crippen molar-refractivity contribution in [2.75, 3.05) is 6.61 Å². The van der Waals surface area contributed by atoms with Gasteiger partial charge < -0.3 is 14.7 Å². The van der Waals surface area contributed by atoms with Crippen LogP contribution in [0.5, 0.6) is 5.75 Å². The van der Waals surface area contributed by atoms with Gasteiger partial charge in [-0.25, -0.2) is 0 Å². The average Bonchev–Trinajstić information content (AvgIpc) is 3.06. The van der Waals surface area contributed by atoms with Crippen molar-refractivity contribution in [3.63, 3.8) is 0 Å². The minimum absolute atomic E-state index is 0.0799. The number of aliphatic hydroxyl groups excluding tert-OH is 1. The molecule has 168 valence electrons. The van der Waals surface area contributed by atoms with Gasteiger partial charge in [-0.3, -0.25) is 14.6 Å². The molecule has 0 unspecified atom stereocenters. The first-order valence-corrected chi connectivity index (χ1v) is 10.9. The van der Waals surface area contributed by atoms with E-state index in [1.807, 2.05) is 51.1 Å². The van der Waals surface area contributed by atoms with E-state index in [-0.39, 0.29) is 17.9 Å². The number of aromatic nitrogens is 1. The van der Waals surface area contributed by atoms with Gasteiger partial charge >= 0.3 is 0 Å². The highest BCUT2D eigenvalue weighted by molar-refractivity contribution is 6.46. The number of carbonyl (C=O) groups excluding carboxylic acids is 2. The van der Waals surface area contributed by atoms with Crippen LogP contribution in [0.3, 0.4) is 0 Å². The summed E-state index contributed by atoms with van der Waals surface area (Å²) in [6, 6.07) is 15.8. The fourth-order valence-corrected chi connectivity index (χ4v) is 4.10. The molecule has 1 aliphatic heterocycles. The first kappa shape index (κ1) is 22.3. The van der Waals surface area contributed by atoms with E-state index in [1.165, 1.54) is 4.90 Å². The van der Waals surface area contributed by atoms with E-state index in [0.29, 0.717) is 17.9 Å². The summed E-state index contributed by atoms with van der Waals surface area (Å²) in [6.45, 7) is 6.48. The van der Waals surface area contributed by atoms with E-state index in [9.17, 15) is 14.7 Å². The second-order valence-corrected chi connectivity index (χ2v) is 8.11. The van der Waals surface area contributed by atoms with Crippen LogP contribution < -0.4 is 4.74 Å². The minimum Gasteiger partial charge on any atom is -0.507 e. The lowest BCUT2D eigenvalue weighted by molar-refractivity contribution is -0.140. The first-order valence-electron chi connectivity index (χ1n) is 10.9. The first-order chi connectivity index (χ1) is 15.9. The number of likely N-dealkylation sites (tertiary alicyclic amines) is 1. The Morgan fingerprint density at radius 3 is 2.48 bits per heavy atom. The molecule has 1 aromatic heterocycles. The van der Waals surface area contributed by atoms with Gasteiger partial charge in [0.15, 0.2) is 0 Å². The molecular weight excluding hydrogens is 416 g/mol. The summed E-state index contributed by atoms with van der Waals surface area (Å²) in [6.07, 6.45) is 3.32. The van der Waals surface area contributed by atoms with Crippen LogP contribution in [0.25, 0.3) is 5.76 Å². The molecule has 0 spiro atoms. The number of benzene rings is 2. The summed E-state index contributed by atoms with van der Waals surface area (Å²) in [5.41, 5.74) is 3.99. The third kappa shape index (κ3) is 4.37. The average molecular weight is 443 g/mol. The molecule has 3 aromatic rings. The molecule has 1 atom stereocenters. The lowest BCUT2D eigenvalue weighted by Crippen LogP contribution is -2.29. The second kappa shape index (κ2) is 9.28. The molecule has 0 saturated carbocycles. The maximum Gasteiger partial charge on any atom is 0.295 e. The highest BCUT2D eigenvalue weighted by Crippen LogP contribution is 2.40. The van der Waals surface area contributed by atoms with Gasteiger partial charge in [-0.05, 0) is 61.7 Å². The number of amides is 1. The van der Waals surface area contributed by atoms with Crippen LogP contribution in [-0.2, 0) is 16.1 Å². The van der Waals surface area contributed by atoms with Crippen molar-refractivity contribution < 1.29 is 19.4 Å². The highest BCUT2D eigenvalue weighted by atomic mass is 16.5. The number of hydrogen-bond acceptors (Lipinski definition) is 5. The molecule has 33 heavy (non-hydrogen) atoms. The molecule has 1 aliphatic rings. The highest BCUT2D eigenvalue weighted by Gasteiger charge is 2.46. The van der Waals surface area contributed by atoms with Gasteiger partial charge in [-0.2, -0.15) is 0 Å². The predicted octanol–water partition coefficient (Wildman–Crippen LogP) is 4.72. The van der Waals surface area contributed by atoms with Crippen LogP contribution in [0.15, 0.2) is 72.6 Å². The number of ether oxygens (including phenoxy) is 1. The summed E-state index contributed by atoms with van der Waals surface area (Å²) in [4.78, 5) is 31.9. The Bertz CT molecular complexity index is 1220. The van der Waals surface area contributed by atoms with E-state index in [1.54, 1.807) is 36.7 Å². The molecule has 1 saturated heterocycles. The van der Waals surface area contributed by atoms with Crippen LogP contribution in [0.4, 0.5) is 0 Å². The van der Waals surface area contributed by atoms with Crippen molar-refractivity contribution >= 4 is 17.4 Å². The predicted molar refractivity (Wildman–Crippen MR) is 126 cm³/mol. The molecule has 4 rings (SSSR count). The lowest BCUT2D eigenvalue weighted by Gasteiger charge is -2.25. The van der Waals surface area contributed by atoms with Gasteiger partial charge in [0, 0.05) is 24.5 Å². The molecule has 0 aliphatic carbocycles. The molecule has 2 aromatic carbocycles. The number of pyridine rings is 1. The third-order valence-corrected chi connectivity index (χ3v) is 5.76. The van der Waals surface area contributed by atoms with Crippen molar-refractivity contribution in [1.82, 2.24) is 9.88 Å². The lowest BCUT2D eigenvalue weighted by atomic mass is 9.94. The Morgan fingerprint density at radius 1 is 1.09 bits per heavy atom. The van der Waals surface area contributed by atoms with Gasteiger partial charge in [0.05, 0.1) is 18.2 Å². The maximum atomic E-state index is 13.2. The number of ketones is 1. The fraction of sp³-hybridized carbons (Fsp3) is 0.222. The van der Waals surface area contributed by atoms with Crippen LogP contribution in [0.1, 0.15) is 40.8 Å². The second-order valence-electron chi connectivity index (χ2n) is 8.11. The molecule has 6 nitrogen and oxygen atoms in total. The summed E-state index contributed by atoms with van der Waals surface area (Å²) in [5.74, 6) is -0.831. The SMILES string of the molecule is CCOc1ccc(C(O)=C2C(=O)C(=O)N(Cc3cccnc3)[C@@H]2c2ccc(C)cc2)cc1C. The smallest absolute Gasteiger partial charge is 0.295 e. The van der Waals surface area contributed by atoms with Gasteiger partial charge in [-0.1, -0.05) is 35.9 Å². The van der Waals surface area contributed by atoms with E-state index in [4.69, 9.17) is 4.74 Å². The van der Waals surface area contributed by atoms with E-state index in [2.05, 4.69) is 4.98 Å². The zero-order valence-electron chi connectivity index (χ0n) is 18.9. The minimum atomic E-state index is -0.710. The number of aliphatic hydroxyl groups is 1. The molecule has 1 N–H and O–H groups in total. The Balaban J connectivity index is 1.84. The van der Waals surface area contributed by atoms with Crippen LogP contribution in [0, 0.1) is 13.8 Å². The fourth-order valence-electron chi connectivity index (χ4n) is 4.10. The normalized spacial score (nSPS) is 17.4. The Morgan fingerprint density at radius 2 is 1.85 bits per heavy atom. The quantitative estimate of drug-likeness (QED) is 0.339. The number of carbonyl (C=O) groups is 2. The topological polar surface area (TPSA) is 79.7 Å². The number of rotatable bonds is 6. The maximum absolute atomic E-state index is 13.2. The van der Waals surface area contributed by atoms with Crippen molar-refractivity contribution in [1.29, 1.82) is 0 Å². The summed E-state index contributed by atoms with van der Waals surface area (Å²) in [7, 11) is 0. The summed E-state index contributed by atoms with van der Waals surface area (Å²) >= 11 is 0. The number of Topliss-reactive ketones (excluding diaryl/α,β-unsaturated/α-hetero) is 1. The zero-order chi connectivity index (χ0) is 23.5. The molecule has 1 amide bonds. The van der Waals surface area contributed by atoms with E-state index < -0.39 is 17.7 Å².